The van der Waals surface area contributed by atoms with E-state index in [9.17, 15) is 15.0 Å². The highest BCUT2D eigenvalue weighted by Gasteiger charge is 2.61. The molecule has 5 atom stereocenters. The minimum absolute atomic E-state index is 0.0510. The van der Waals surface area contributed by atoms with Gasteiger partial charge in [0.15, 0.2) is 5.78 Å². The Morgan fingerprint density at radius 1 is 1.16 bits per heavy atom. The van der Waals surface area contributed by atoms with Crippen LogP contribution in [-0.2, 0) is 4.79 Å². The van der Waals surface area contributed by atoms with E-state index in [2.05, 4.69) is 19.1 Å². The van der Waals surface area contributed by atoms with Gasteiger partial charge in [-0.15, -0.1) is 0 Å². The Labute approximate surface area is 189 Å². The number of hydrogen-bond donors (Lipinski definition) is 2. The number of hydrogen-bond acceptors (Lipinski definition) is 3. The second-order valence-corrected chi connectivity index (χ2v) is 10.5. The molecule has 0 bridgehead atoms. The summed E-state index contributed by atoms with van der Waals surface area (Å²) in [6.45, 7) is 2.21. The summed E-state index contributed by atoms with van der Waals surface area (Å²) < 4.78 is 0. The first kappa shape index (κ1) is 21.2. The van der Waals surface area contributed by atoms with E-state index in [1.807, 2.05) is 24.3 Å². The van der Waals surface area contributed by atoms with Crippen molar-refractivity contribution in [1.29, 1.82) is 0 Å². The van der Waals surface area contributed by atoms with Gasteiger partial charge in [0.25, 0.3) is 0 Å². The average Bonchev–Trinajstić information content (AvgIpc) is 3.02. The minimum atomic E-state index is -0.903. The number of rotatable bonds is 3. The topological polar surface area (TPSA) is 57.5 Å². The maximum atomic E-state index is 12.1. The molecule has 0 saturated heterocycles. The van der Waals surface area contributed by atoms with Crippen LogP contribution in [0.15, 0.2) is 59.2 Å². The van der Waals surface area contributed by atoms with Crippen molar-refractivity contribution >= 4 is 17.4 Å². The van der Waals surface area contributed by atoms with E-state index < -0.39 is 5.60 Å². The third-order valence-electron chi connectivity index (χ3n) is 8.72. The summed E-state index contributed by atoms with van der Waals surface area (Å²) in [4.78, 5) is 12.1. The molecule has 31 heavy (non-hydrogen) atoms. The predicted octanol–water partition coefficient (Wildman–Crippen LogP) is 5.52. The fourth-order valence-electron chi connectivity index (χ4n) is 7.21. The summed E-state index contributed by atoms with van der Waals surface area (Å²) in [5.41, 5.74) is 4.27. The summed E-state index contributed by atoms with van der Waals surface area (Å²) in [6, 6.07) is 8.18. The number of aliphatic hydroxyl groups excluding tert-OH is 1. The number of carbonyl (C=O) groups is 1. The van der Waals surface area contributed by atoms with Crippen LogP contribution in [0.3, 0.4) is 0 Å². The molecule has 2 N–H and O–H groups in total. The molecule has 0 amide bonds. The number of fused-ring (bicyclic) bond motifs is 4. The molecule has 0 aromatic heterocycles. The molecule has 2 fully saturated rings. The lowest BCUT2D eigenvalue weighted by molar-refractivity contribution is -0.114. The van der Waals surface area contributed by atoms with Crippen molar-refractivity contribution in [3.63, 3.8) is 0 Å². The highest BCUT2D eigenvalue weighted by atomic mass is 35.5. The van der Waals surface area contributed by atoms with E-state index in [-0.39, 0.29) is 23.7 Å². The fraction of sp³-hybridized carbons (Fsp3) is 0.519. The first-order valence-corrected chi connectivity index (χ1v) is 12.0. The summed E-state index contributed by atoms with van der Waals surface area (Å²) in [7, 11) is 0. The van der Waals surface area contributed by atoms with E-state index in [1.165, 1.54) is 22.3 Å². The Bertz CT molecular complexity index is 988. The van der Waals surface area contributed by atoms with Crippen LogP contribution in [-0.4, -0.2) is 28.2 Å². The van der Waals surface area contributed by atoms with E-state index in [0.29, 0.717) is 18.3 Å². The molecule has 5 rings (SSSR count). The van der Waals surface area contributed by atoms with E-state index in [0.717, 1.165) is 43.5 Å². The molecule has 1 aromatic carbocycles. The molecule has 164 valence electrons. The van der Waals surface area contributed by atoms with Gasteiger partial charge in [-0.05, 0) is 85.3 Å². The Kier molecular flexibility index (Phi) is 5.28. The lowest BCUT2D eigenvalue weighted by Crippen LogP contribution is -2.50. The molecule has 1 aromatic rings. The molecule has 4 aliphatic rings. The number of aliphatic hydroxyl groups is 2. The molecule has 0 aliphatic heterocycles. The van der Waals surface area contributed by atoms with Crippen molar-refractivity contribution in [2.24, 2.45) is 17.3 Å². The van der Waals surface area contributed by atoms with Gasteiger partial charge in [0.05, 0.1) is 12.2 Å². The van der Waals surface area contributed by atoms with Crippen molar-refractivity contribution < 1.29 is 15.0 Å². The van der Waals surface area contributed by atoms with Crippen LogP contribution in [0.4, 0.5) is 0 Å². The van der Waals surface area contributed by atoms with Crippen LogP contribution in [0, 0.1) is 17.3 Å². The average molecular weight is 439 g/mol. The SMILES string of the molecule is C[C@]12C[C@H](c3ccc(Cl)cc3)C3=C4CCC(=O)C=C4CC[C@H]3[C@@H]1CC[C@@]2(O)/C=C/CO. The number of carbonyl (C=O) groups excluding carboxylic acids is 1. The molecule has 0 heterocycles. The molecule has 4 heteroatoms. The molecule has 3 nitrogen and oxygen atoms in total. The Hall–Kier alpha value is -1.68. The van der Waals surface area contributed by atoms with Gasteiger partial charge < -0.3 is 10.2 Å². The molecule has 0 unspecified atom stereocenters. The normalized spacial score (nSPS) is 37.5. The zero-order chi connectivity index (χ0) is 21.8. The van der Waals surface area contributed by atoms with Gasteiger partial charge in [0, 0.05) is 22.8 Å². The van der Waals surface area contributed by atoms with Gasteiger partial charge in [-0.2, -0.15) is 0 Å². The third kappa shape index (κ3) is 3.28. The van der Waals surface area contributed by atoms with Gasteiger partial charge >= 0.3 is 0 Å². The standard InChI is InChI=1S/C27H31ClO3/c1-26-16-23(17-3-6-19(28)7-4-17)25-21-10-8-20(30)15-18(21)5-9-22(25)24(26)11-13-27(26,31)12-2-14-29/h2-4,6-7,12,15,22-24,29,31H,5,8-11,13-14,16H2,1H3/b12-2+/t22-,23+,24-,26-,27-/m0/s1. The molecule has 0 radical (unpaired) electrons. The lowest BCUT2D eigenvalue weighted by atomic mass is 9.51. The van der Waals surface area contributed by atoms with Gasteiger partial charge in [0.2, 0.25) is 0 Å². The van der Waals surface area contributed by atoms with Gasteiger partial charge in [-0.25, -0.2) is 0 Å². The molecule has 2 saturated carbocycles. The largest absolute Gasteiger partial charge is 0.392 e. The number of benzene rings is 1. The van der Waals surface area contributed by atoms with Gasteiger partial charge in [0.1, 0.15) is 0 Å². The smallest absolute Gasteiger partial charge is 0.156 e. The van der Waals surface area contributed by atoms with Gasteiger partial charge in [-0.1, -0.05) is 48.4 Å². The maximum Gasteiger partial charge on any atom is 0.156 e. The van der Waals surface area contributed by atoms with Crippen molar-refractivity contribution in [1.82, 2.24) is 0 Å². The zero-order valence-corrected chi connectivity index (χ0v) is 18.9. The van der Waals surface area contributed by atoms with Crippen LogP contribution in [0.5, 0.6) is 0 Å². The number of allylic oxidation sites excluding steroid dienone is 4. The molecule has 0 spiro atoms. The van der Waals surface area contributed by atoms with Crippen LogP contribution >= 0.6 is 11.6 Å². The molecular weight excluding hydrogens is 408 g/mol. The van der Waals surface area contributed by atoms with Crippen molar-refractivity contribution in [3.8, 4) is 0 Å². The Morgan fingerprint density at radius 2 is 1.94 bits per heavy atom. The third-order valence-corrected chi connectivity index (χ3v) is 8.97. The van der Waals surface area contributed by atoms with Crippen LogP contribution in [0.25, 0.3) is 0 Å². The fourth-order valence-corrected chi connectivity index (χ4v) is 7.34. The van der Waals surface area contributed by atoms with Crippen LogP contribution in [0.1, 0.15) is 63.4 Å². The van der Waals surface area contributed by atoms with E-state index >= 15 is 0 Å². The van der Waals surface area contributed by atoms with E-state index in [1.54, 1.807) is 6.08 Å². The monoisotopic (exact) mass is 438 g/mol. The van der Waals surface area contributed by atoms with Crippen molar-refractivity contribution in [2.45, 2.75) is 63.4 Å². The predicted molar refractivity (Wildman–Crippen MR) is 123 cm³/mol. The second-order valence-electron chi connectivity index (χ2n) is 10.1. The second kappa shape index (κ2) is 7.72. The number of ketones is 1. The summed E-state index contributed by atoms with van der Waals surface area (Å²) in [5, 5.41) is 21.8. The highest BCUT2D eigenvalue weighted by Crippen LogP contribution is 2.67. The Morgan fingerprint density at radius 3 is 2.68 bits per heavy atom. The van der Waals surface area contributed by atoms with Crippen LogP contribution in [0.2, 0.25) is 5.02 Å². The lowest BCUT2D eigenvalue weighted by Gasteiger charge is -2.54. The van der Waals surface area contributed by atoms with E-state index in [4.69, 9.17) is 11.6 Å². The summed E-state index contributed by atoms with van der Waals surface area (Å²) in [6.07, 6.45) is 11.5. The van der Waals surface area contributed by atoms with Crippen molar-refractivity contribution in [2.75, 3.05) is 6.61 Å². The first-order valence-electron chi connectivity index (χ1n) is 11.6. The summed E-state index contributed by atoms with van der Waals surface area (Å²) in [5.74, 6) is 1.30. The highest BCUT2D eigenvalue weighted by molar-refractivity contribution is 6.30. The minimum Gasteiger partial charge on any atom is -0.392 e. The quantitative estimate of drug-likeness (QED) is 0.611. The summed E-state index contributed by atoms with van der Waals surface area (Å²) >= 11 is 6.20. The maximum absolute atomic E-state index is 12.1. The Balaban J connectivity index is 1.67. The van der Waals surface area contributed by atoms with Gasteiger partial charge in [-0.3, -0.25) is 4.79 Å². The molecule has 4 aliphatic carbocycles. The van der Waals surface area contributed by atoms with Crippen LogP contribution < -0.4 is 0 Å². The van der Waals surface area contributed by atoms with Crippen molar-refractivity contribution in [3.05, 3.63) is 69.8 Å². The first-order chi connectivity index (χ1) is 14.9. The molecular formula is C27H31ClO3. The number of halogens is 1. The zero-order valence-electron chi connectivity index (χ0n) is 18.1.